The Bertz CT molecular complexity index is 1060. The van der Waals surface area contributed by atoms with Crippen molar-refractivity contribution in [2.75, 3.05) is 0 Å². The van der Waals surface area contributed by atoms with Crippen LogP contribution in [0.4, 0.5) is 0 Å². The molecule has 0 aliphatic heterocycles. The van der Waals surface area contributed by atoms with E-state index in [-0.39, 0.29) is 32.6 Å². The van der Waals surface area contributed by atoms with Crippen LogP contribution in [-0.2, 0) is 20.2 Å². The van der Waals surface area contributed by atoms with Crippen molar-refractivity contribution in [3.8, 4) is 5.75 Å². The van der Waals surface area contributed by atoms with E-state index in [0.717, 1.165) is 9.64 Å². The van der Waals surface area contributed by atoms with Gasteiger partial charge in [-0.25, -0.2) is 8.42 Å². The molecule has 0 saturated carbocycles. The zero-order valence-electron chi connectivity index (χ0n) is 14.0. The lowest BCUT2D eigenvalue weighted by molar-refractivity contribution is 0.461. The topological polar surface area (TPSA) is 101 Å². The Morgan fingerprint density at radius 1 is 1.00 bits per heavy atom. The third-order valence-electron chi connectivity index (χ3n) is 3.56. The van der Waals surface area contributed by atoms with Crippen LogP contribution in [-0.4, -0.2) is 21.4 Å². The maximum absolute atomic E-state index is 12.6. The predicted octanol–water partition coefficient (Wildman–Crippen LogP) is 4.00. The number of hydrogen-bond donors (Lipinski definition) is 0. The van der Waals surface area contributed by atoms with Crippen LogP contribution in [0.15, 0.2) is 40.1 Å². The molecule has 0 aromatic heterocycles. The maximum Gasteiger partial charge on any atom is 0.340 e. The summed E-state index contributed by atoms with van der Waals surface area (Å²) in [5.41, 5.74) is 0.459. The van der Waals surface area contributed by atoms with Crippen LogP contribution in [0.25, 0.3) is 0 Å². The molecule has 0 atom stereocenters. The zero-order chi connectivity index (χ0) is 19.9. The normalized spacial score (nSPS) is 12.4. The van der Waals surface area contributed by atoms with Crippen LogP contribution in [0, 0.1) is 14.1 Å². The summed E-state index contributed by atoms with van der Waals surface area (Å²) in [6.45, 7) is 4.90. The van der Waals surface area contributed by atoms with E-state index in [1.54, 1.807) is 26.0 Å². The molecule has 0 bridgehead atoms. The molecule has 0 aliphatic carbocycles. The largest absolute Gasteiger partial charge is 0.744 e. The lowest BCUT2D eigenvalue weighted by Gasteiger charge is -2.19. The first-order valence-corrected chi connectivity index (χ1v) is 12.3. The summed E-state index contributed by atoms with van der Waals surface area (Å²) in [5, 5.41) is 0. The highest BCUT2D eigenvalue weighted by Gasteiger charge is 2.23. The molecule has 0 saturated heterocycles. The molecule has 0 radical (unpaired) electrons. The van der Waals surface area contributed by atoms with E-state index < -0.39 is 20.2 Å². The van der Waals surface area contributed by atoms with Gasteiger partial charge < -0.3 is 8.74 Å². The molecule has 0 amide bonds. The summed E-state index contributed by atoms with van der Waals surface area (Å²) in [4.78, 5) is -0.344. The van der Waals surface area contributed by atoms with Crippen molar-refractivity contribution in [1.82, 2.24) is 0 Å². The molecule has 26 heavy (non-hydrogen) atoms. The van der Waals surface area contributed by atoms with Gasteiger partial charge in [-0.05, 0) is 99.5 Å². The molecular weight excluding hydrogens is 606 g/mol. The molecule has 142 valence electrons. The van der Waals surface area contributed by atoms with E-state index in [1.807, 2.05) is 22.6 Å². The highest BCUT2D eigenvalue weighted by atomic mass is 127. The average Bonchev–Trinajstić information content (AvgIpc) is 2.47. The maximum atomic E-state index is 12.6. The standard InChI is InChI=1S/C16H16I2O6S2/c1-9(2)12-8-14(10(3)6-16(12)25(19,20)21)24-26(22,23)15-5-4-11(17)7-13(15)18/h4-9H,1-3H3,(H,19,20,21)/p-1. The fourth-order valence-electron chi connectivity index (χ4n) is 2.28. The highest BCUT2D eigenvalue weighted by molar-refractivity contribution is 14.1. The van der Waals surface area contributed by atoms with Crippen LogP contribution in [0.1, 0.15) is 30.9 Å². The number of aryl methyl sites for hydroxylation is 1. The second kappa shape index (κ2) is 7.89. The highest BCUT2D eigenvalue weighted by Crippen LogP contribution is 2.33. The molecule has 0 fully saturated rings. The van der Waals surface area contributed by atoms with Crippen molar-refractivity contribution in [2.45, 2.75) is 36.5 Å². The minimum Gasteiger partial charge on any atom is -0.744 e. The Morgan fingerprint density at radius 2 is 1.62 bits per heavy atom. The third kappa shape index (κ3) is 4.88. The SMILES string of the molecule is Cc1cc(S(=O)(=O)[O-])c(C(C)C)cc1OS(=O)(=O)c1ccc(I)cc1I. The zero-order valence-corrected chi connectivity index (χ0v) is 19.9. The monoisotopic (exact) mass is 621 g/mol. The minimum absolute atomic E-state index is 0.00421. The summed E-state index contributed by atoms with van der Waals surface area (Å²) in [5.74, 6) is -0.312. The van der Waals surface area contributed by atoms with Gasteiger partial charge >= 0.3 is 10.1 Å². The van der Waals surface area contributed by atoms with Crippen molar-refractivity contribution in [3.05, 3.63) is 48.6 Å². The summed E-state index contributed by atoms with van der Waals surface area (Å²) in [7, 11) is -8.79. The summed E-state index contributed by atoms with van der Waals surface area (Å²) >= 11 is 3.99. The van der Waals surface area contributed by atoms with Crippen LogP contribution in [0.2, 0.25) is 0 Å². The van der Waals surface area contributed by atoms with Gasteiger partial charge in [0.15, 0.2) is 0 Å². The first kappa shape index (κ1) is 21.9. The molecule has 10 heteroatoms. The van der Waals surface area contributed by atoms with Gasteiger partial charge in [0.2, 0.25) is 0 Å². The van der Waals surface area contributed by atoms with Gasteiger partial charge in [0.05, 0.1) is 4.90 Å². The minimum atomic E-state index is -4.68. The Balaban J connectivity index is 2.57. The van der Waals surface area contributed by atoms with Crippen LogP contribution < -0.4 is 4.18 Å². The smallest absolute Gasteiger partial charge is 0.340 e. The van der Waals surface area contributed by atoms with Crippen molar-refractivity contribution in [3.63, 3.8) is 0 Å². The first-order chi connectivity index (χ1) is 11.8. The second-order valence-electron chi connectivity index (χ2n) is 5.88. The van der Waals surface area contributed by atoms with E-state index in [2.05, 4.69) is 22.6 Å². The number of benzene rings is 2. The van der Waals surface area contributed by atoms with Gasteiger partial charge in [-0.1, -0.05) is 13.8 Å². The number of halogens is 2. The average molecular weight is 621 g/mol. The molecule has 6 nitrogen and oxygen atoms in total. The lowest BCUT2D eigenvalue weighted by atomic mass is 10.0. The first-order valence-electron chi connectivity index (χ1n) is 7.33. The number of hydrogen-bond acceptors (Lipinski definition) is 6. The Labute approximate surface area is 180 Å². The Kier molecular flexibility index (Phi) is 6.63. The van der Waals surface area contributed by atoms with E-state index in [1.165, 1.54) is 19.1 Å². The third-order valence-corrected chi connectivity index (χ3v) is 7.68. The van der Waals surface area contributed by atoms with Crippen LogP contribution in [0.3, 0.4) is 0 Å². The van der Waals surface area contributed by atoms with E-state index >= 15 is 0 Å². The molecule has 2 aromatic rings. The quantitative estimate of drug-likeness (QED) is 0.285. The summed E-state index contributed by atoms with van der Waals surface area (Å²) in [6, 6.07) is 7.27. The molecule has 0 heterocycles. The van der Waals surface area contributed by atoms with Crippen LogP contribution >= 0.6 is 45.2 Å². The predicted molar refractivity (Wildman–Crippen MR) is 113 cm³/mol. The van der Waals surface area contributed by atoms with Crippen molar-refractivity contribution >= 4 is 65.4 Å². The van der Waals surface area contributed by atoms with Gasteiger partial charge in [0, 0.05) is 7.14 Å². The second-order valence-corrected chi connectivity index (χ2v) is 11.1. The summed E-state index contributed by atoms with van der Waals surface area (Å²) < 4.78 is 66.4. The van der Waals surface area contributed by atoms with Crippen molar-refractivity contribution < 1.29 is 25.6 Å². The van der Waals surface area contributed by atoms with E-state index in [0.29, 0.717) is 3.57 Å². The van der Waals surface area contributed by atoms with E-state index in [4.69, 9.17) is 4.18 Å². The molecule has 0 spiro atoms. The van der Waals surface area contributed by atoms with E-state index in [9.17, 15) is 21.4 Å². The molecule has 2 rings (SSSR count). The number of rotatable bonds is 5. The molecule has 0 aliphatic rings. The molecule has 2 aromatic carbocycles. The van der Waals surface area contributed by atoms with Gasteiger partial charge in [0.25, 0.3) is 0 Å². The van der Waals surface area contributed by atoms with Gasteiger partial charge in [-0.2, -0.15) is 8.42 Å². The fourth-order valence-corrected chi connectivity index (χ4v) is 6.63. The molecule has 0 N–H and O–H groups in total. The summed E-state index contributed by atoms with van der Waals surface area (Å²) in [6.07, 6.45) is 0. The Hall–Kier alpha value is -0.440. The van der Waals surface area contributed by atoms with Crippen LogP contribution in [0.5, 0.6) is 5.75 Å². The van der Waals surface area contributed by atoms with Crippen molar-refractivity contribution in [1.29, 1.82) is 0 Å². The van der Waals surface area contributed by atoms with Crippen molar-refractivity contribution in [2.24, 2.45) is 0 Å². The lowest BCUT2D eigenvalue weighted by Crippen LogP contribution is -2.13. The molecular formula is C16H15I2O6S2-. The van der Waals surface area contributed by atoms with Gasteiger partial charge in [0.1, 0.15) is 20.8 Å². The fraction of sp³-hybridized carbons (Fsp3) is 0.250. The Morgan fingerprint density at radius 3 is 2.12 bits per heavy atom. The van der Waals surface area contributed by atoms with Gasteiger partial charge in [-0.15, -0.1) is 0 Å². The molecule has 0 unspecified atom stereocenters. The van der Waals surface area contributed by atoms with Gasteiger partial charge in [-0.3, -0.25) is 0 Å².